The summed E-state index contributed by atoms with van der Waals surface area (Å²) in [7, 11) is 0. The highest BCUT2D eigenvalue weighted by atomic mass is 35.5. The average Bonchev–Trinajstić information content (AvgIpc) is 2.54. The van der Waals surface area contributed by atoms with Gasteiger partial charge in [-0.3, -0.25) is 0 Å². The minimum Gasteiger partial charge on any atom is -0.216 e. The minimum atomic E-state index is 0.0667. The van der Waals surface area contributed by atoms with Gasteiger partial charge in [0.1, 0.15) is 6.33 Å². The lowest BCUT2D eigenvalue weighted by atomic mass is 11.1. The molecule has 0 bridgehead atoms. The van der Waals surface area contributed by atoms with Gasteiger partial charge in [0.25, 0.3) is 0 Å². The second-order valence-corrected chi connectivity index (χ2v) is 4.64. The first-order valence-corrected chi connectivity index (χ1v) is 5.60. The smallest absolute Gasteiger partial charge is 0.216 e. The van der Waals surface area contributed by atoms with Crippen molar-refractivity contribution < 1.29 is 0 Å². The van der Waals surface area contributed by atoms with Gasteiger partial charge in [-0.25, -0.2) is 4.98 Å². The predicted molar refractivity (Wildman–Crippen MR) is 53.9 cm³/mol. The van der Waals surface area contributed by atoms with Gasteiger partial charge in [0.2, 0.25) is 10.6 Å². The van der Waals surface area contributed by atoms with E-state index >= 15 is 0 Å². The summed E-state index contributed by atoms with van der Waals surface area (Å²) < 4.78 is 4.56. The van der Waals surface area contributed by atoms with Crippen LogP contribution in [0.25, 0.3) is 0 Å². The molecule has 9 heteroatoms. The van der Waals surface area contributed by atoms with Crippen LogP contribution in [0.15, 0.2) is 15.8 Å². The van der Waals surface area contributed by atoms with Gasteiger partial charge in [-0.05, 0) is 46.5 Å². The summed E-state index contributed by atoms with van der Waals surface area (Å²) in [5.74, 6) is 0. The SMILES string of the molecule is Clc1nc(Cl)nc(Sc2ncns2)n1. The molecule has 0 spiro atoms. The molecule has 0 unspecified atom stereocenters. The molecule has 2 heterocycles. The van der Waals surface area contributed by atoms with Crippen LogP contribution in [0.5, 0.6) is 0 Å². The first-order valence-electron chi connectivity index (χ1n) is 3.25. The zero-order chi connectivity index (χ0) is 9.97. The predicted octanol–water partition coefficient (Wildman–Crippen LogP) is 2.18. The molecule has 0 radical (unpaired) electrons. The summed E-state index contributed by atoms with van der Waals surface area (Å²) in [5, 5.41) is 0.542. The van der Waals surface area contributed by atoms with Crippen molar-refractivity contribution in [2.24, 2.45) is 0 Å². The van der Waals surface area contributed by atoms with Crippen molar-refractivity contribution in [2.45, 2.75) is 9.50 Å². The molecule has 0 aliphatic heterocycles. The van der Waals surface area contributed by atoms with Crippen LogP contribution in [-0.4, -0.2) is 24.3 Å². The van der Waals surface area contributed by atoms with Crippen LogP contribution in [0.3, 0.4) is 0 Å². The van der Waals surface area contributed by atoms with Crippen LogP contribution in [0.2, 0.25) is 10.6 Å². The lowest BCUT2D eigenvalue weighted by molar-refractivity contribution is 0.903. The molecule has 14 heavy (non-hydrogen) atoms. The Morgan fingerprint density at radius 2 is 1.86 bits per heavy atom. The summed E-state index contributed by atoms with van der Waals surface area (Å²) in [4.78, 5) is 15.3. The Balaban J connectivity index is 2.25. The molecule has 2 rings (SSSR count). The first-order chi connectivity index (χ1) is 6.74. The second kappa shape index (κ2) is 4.35. The van der Waals surface area contributed by atoms with Gasteiger partial charge in [0, 0.05) is 0 Å². The molecule has 0 N–H and O–H groups in total. The van der Waals surface area contributed by atoms with Gasteiger partial charge in [-0.2, -0.15) is 19.3 Å². The van der Waals surface area contributed by atoms with Crippen LogP contribution in [-0.2, 0) is 0 Å². The lowest BCUT2D eigenvalue weighted by Gasteiger charge is -1.95. The van der Waals surface area contributed by atoms with Crippen molar-refractivity contribution in [1.29, 1.82) is 0 Å². The van der Waals surface area contributed by atoms with Crippen molar-refractivity contribution in [2.75, 3.05) is 0 Å². The van der Waals surface area contributed by atoms with Gasteiger partial charge in [-0.1, -0.05) is 0 Å². The molecule has 0 saturated carbocycles. The zero-order valence-corrected chi connectivity index (χ0v) is 9.53. The van der Waals surface area contributed by atoms with Gasteiger partial charge in [0.15, 0.2) is 9.50 Å². The monoisotopic (exact) mass is 265 g/mol. The summed E-state index contributed by atoms with van der Waals surface area (Å²) in [5.41, 5.74) is 0. The summed E-state index contributed by atoms with van der Waals surface area (Å²) in [6.07, 6.45) is 1.46. The fourth-order valence-corrected chi connectivity index (χ4v) is 2.41. The minimum absolute atomic E-state index is 0.0667. The van der Waals surface area contributed by atoms with E-state index in [4.69, 9.17) is 23.2 Å². The molecule has 0 amide bonds. The third-order valence-corrected chi connectivity index (χ3v) is 3.00. The lowest BCUT2D eigenvalue weighted by Crippen LogP contribution is -1.91. The fourth-order valence-electron chi connectivity index (χ4n) is 0.641. The van der Waals surface area contributed by atoms with E-state index in [2.05, 4.69) is 24.3 Å². The molecule has 0 aliphatic rings. The van der Waals surface area contributed by atoms with Gasteiger partial charge in [-0.15, -0.1) is 0 Å². The topological polar surface area (TPSA) is 64.5 Å². The Hall–Kier alpha value is -0.500. The Kier molecular flexibility index (Phi) is 3.12. The van der Waals surface area contributed by atoms with Gasteiger partial charge >= 0.3 is 0 Å². The van der Waals surface area contributed by atoms with Crippen molar-refractivity contribution in [3.8, 4) is 0 Å². The van der Waals surface area contributed by atoms with Gasteiger partial charge in [0.05, 0.1) is 0 Å². The Bertz CT molecular complexity index is 413. The number of hydrogen-bond acceptors (Lipinski definition) is 7. The molecular formula is C5HCl2N5S2. The molecule has 0 atom stereocenters. The molecule has 0 saturated heterocycles. The molecular weight excluding hydrogens is 265 g/mol. The second-order valence-electron chi connectivity index (χ2n) is 1.97. The fraction of sp³-hybridized carbons (Fsp3) is 0. The Labute approximate surface area is 97.1 Å². The van der Waals surface area contributed by atoms with Crippen molar-refractivity contribution >= 4 is 46.5 Å². The Morgan fingerprint density at radius 3 is 2.43 bits per heavy atom. The third-order valence-electron chi connectivity index (χ3n) is 1.08. The molecule has 0 fully saturated rings. The van der Waals surface area contributed by atoms with E-state index in [0.717, 1.165) is 4.34 Å². The number of rotatable bonds is 2. The van der Waals surface area contributed by atoms with Crippen molar-refractivity contribution in [1.82, 2.24) is 24.3 Å². The molecule has 0 aromatic carbocycles. The summed E-state index contributed by atoms with van der Waals surface area (Å²) >= 11 is 13.7. The molecule has 2 aromatic heterocycles. The van der Waals surface area contributed by atoms with Gasteiger partial charge < -0.3 is 0 Å². The highest BCUT2D eigenvalue weighted by Crippen LogP contribution is 2.25. The maximum absolute atomic E-state index is 5.60. The zero-order valence-electron chi connectivity index (χ0n) is 6.39. The van der Waals surface area contributed by atoms with E-state index in [9.17, 15) is 0 Å². The quantitative estimate of drug-likeness (QED) is 0.830. The molecule has 2 aromatic rings. The van der Waals surface area contributed by atoms with E-state index in [1.165, 1.54) is 29.6 Å². The number of aromatic nitrogens is 5. The van der Waals surface area contributed by atoms with Crippen molar-refractivity contribution in [3.63, 3.8) is 0 Å². The van der Waals surface area contributed by atoms with E-state index in [0.29, 0.717) is 5.16 Å². The highest BCUT2D eigenvalue weighted by molar-refractivity contribution is 8.00. The summed E-state index contributed by atoms with van der Waals surface area (Å²) in [6, 6.07) is 0. The average molecular weight is 266 g/mol. The largest absolute Gasteiger partial charge is 0.227 e. The molecule has 5 nitrogen and oxygen atoms in total. The number of halogens is 2. The maximum Gasteiger partial charge on any atom is 0.227 e. The first kappa shape index (κ1) is 10.0. The van der Waals surface area contributed by atoms with Crippen LogP contribution in [0.4, 0.5) is 0 Å². The van der Waals surface area contributed by atoms with Crippen LogP contribution in [0, 0.1) is 0 Å². The normalized spacial score (nSPS) is 10.4. The molecule has 0 aliphatic carbocycles. The third kappa shape index (κ3) is 2.50. The Morgan fingerprint density at radius 1 is 1.14 bits per heavy atom. The maximum atomic E-state index is 5.60. The van der Waals surface area contributed by atoms with E-state index in [1.807, 2.05) is 0 Å². The van der Waals surface area contributed by atoms with Crippen LogP contribution >= 0.6 is 46.5 Å². The van der Waals surface area contributed by atoms with E-state index in [1.54, 1.807) is 0 Å². The van der Waals surface area contributed by atoms with E-state index < -0.39 is 0 Å². The van der Waals surface area contributed by atoms with Crippen LogP contribution < -0.4 is 0 Å². The highest BCUT2D eigenvalue weighted by Gasteiger charge is 2.07. The van der Waals surface area contributed by atoms with Crippen molar-refractivity contribution in [3.05, 3.63) is 16.9 Å². The van der Waals surface area contributed by atoms with Crippen LogP contribution in [0.1, 0.15) is 0 Å². The van der Waals surface area contributed by atoms with E-state index in [-0.39, 0.29) is 10.6 Å². The number of nitrogens with zero attached hydrogens (tertiary/aromatic N) is 5. The summed E-state index contributed by atoms with van der Waals surface area (Å²) in [6.45, 7) is 0. The standard InChI is InChI=1S/C5HCl2N5S2/c6-2-10-3(7)12-4(11-2)13-5-8-1-9-14-5/h1H. The number of hydrogen-bond donors (Lipinski definition) is 0. The molecule has 72 valence electrons.